The van der Waals surface area contributed by atoms with E-state index in [0.717, 1.165) is 0 Å². The van der Waals surface area contributed by atoms with Crippen LogP contribution in [0.1, 0.15) is 18.1 Å². The molecule has 0 radical (unpaired) electrons. The summed E-state index contributed by atoms with van der Waals surface area (Å²) in [5.41, 5.74) is 0. The van der Waals surface area contributed by atoms with Crippen LogP contribution in [0.2, 0.25) is 0 Å². The lowest BCUT2D eigenvalue weighted by Gasteiger charge is -2.14. The molecule has 0 aromatic carbocycles. The van der Waals surface area contributed by atoms with Crippen molar-refractivity contribution in [1.82, 2.24) is 15.6 Å². The van der Waals surface area contributed by atoms with E-state index in [9.17, 15) is 9.59 Å². The van der Waals surface area contributed by atoms with Crippen molar-refractivity contribution in [1.29, 1.82) is 0 Å². The van der Waals surface area contributed by atoms with Gasteiger partial charge in [0.25, 0.3) is 0 Å². The van der Waals surface area contributed by atoms with Crippen molar-refractivity contribution in [3.8, 4) is 0 Å². The second kappa shape index (κ2) is 7.37. The summed E-state index contributed by atoms with van der Waals surface area (Å²) < 4.78 is 9.94. The number of amides is 2. The molecule has 0 aliphatic heterocycles. The Kier molecular flexibility index (Phi) is 5.80. The van der Waals surface area contributed by atoms with Gasteiger partial charge in [0.05, 0.1) is 12.7 Å². The van der Waals surface area contributed by atoms with Crippen molar-refractivity contribution in [2.75, 3.05) is 13.7 Å². The lowest BCUT2D eigenvalue weighted by molar-refractivity contribution is -0.139. The molecule has 0 aliphatic rings. The zero-order chi connectivity index (χ0) is 14.3. The molecule has 0 spiro atoms. The molecule has 0 saturated carbocycles. The Hall–Kier alpha value is -2.09. The number of oxazole rings is 1. The number of ether oxygens (including phenoxy) is 1. The van der Waals surface area contributed by atoms with E-state index < -0.39 is 18.0 Å². The first-order valence-electron chi connectivity index (χ1n) is 5.70. The van der Waals surface area contributed by atoms with Gasteiger partial charge in [0.1, 0.15) is 11.8 Å². The molecule has 1 aromatic heterocycles. The van der Waals surface area contributed by atoms with Crippen molar-refractivity contribution in [2.45, 2.75) is 25.9 Å². The Balaban J connectivity index is 2.37. The molecule has 1 aromatic rings. The first-order valence-corrected chi connectivity index (χ1v) is 5.70. The molecule has 3 N–H and O–H groups in total. The maximum absolute atomic E-state index is 11.5. The van der Waals surface area contributed by atoms with Gasteiger partial charge in [0.2, 0.25) is 5.89 Å². The van der Waals surface area contributed by atoms with Crippen molar-refractivity contribution in [3.63, 3.8) is 0 Å². The van der Waals surface area contributed by atoms with Crippen molar-refractivity contribution >= 4 is 12.0 Å². The predicted octanol–water partition coefficient (Wildman–Crippen LogP) is 0.272. The maximum Gasteiger partial charge on any atom is 0.326 e. The number of hydrogen-bond acceptors (Lipinski definition) is 5. The molecule has 0 bridgehead atoms. The van der Waals surface area contributed by atoms with Crippen molar-refractivity contribution in [3.05, 3.63) is 17.8 Å². The third-order valence-electron chi connectivity index (χ3n) is 2.28. The second-order valence-electron chi connectivity index (χ2n) is 3.86. The summed E-state index contributed by atoms with van der Waals surface area (Å²) in [5, 5.41) is 13.7. The van der Waals surface area contributed by atoms with E-state index in [4.69, 9.17) is 14.3 Å². The molecule has 0 fully saturated rings. The Morgan fingerprint density at radius 1 is 1.58 bits per heavy atom. The third-order valence-corrected chi connectivity index (χ3v) is 2.28. The number of nitrogens with one attached hydrogen (secondary N) is 2. The fourth-order valence-corrected chi connectivity index (χ4v) is 1.34. The summed E-state index contributed by atoms with van der Waals surface area (Å²) in [4.78, 5) is 26.3. The fourth-order valence-electron chi connectivity index (χ4n) is 1.34. The van der Waals surface area contributed by atoms with E-state index in [1.54, 1.807) is 6.92 Å². The number of carboxylic acids is 1. The topological polar surface area (TPSA) is 114 Å². The van der Waals surface area contributed by atoms with E-state index in [2.05, 4.69) is 15.6 Å². The lowest BCUT2D eigenvalue weighted by Crippen LogP contribution is -2.46. The molecule has 19 heavy (non-hydrogen) atoms. The Bertz CT molecular complexity index is 432. The van der Waals surface area contributed by atoms with Gasteiger partial charge in [-0.05, 0) is 6.92 Å². The zero-order valence-electron chi connectivity index (χ0n) is 10.8. The van der Waals surface area contributed by atoms with E-state index in [1.165, 1.54) is 13.3 Å². The summed E-state index contributed by atoms with van der Waals surface area (Å²) in [7, 11) is 1.46. The van der Waals surface area contributed by atoms with Crippen LogP contribution in [-0.4, -0.2) is 41.8 Å². The Morgan fingerprint density at radius 3 is 2.84 bits per heavy atom. The number of aromatic nitrogens is 1. The summed E-state index contributed by atoms with van der Waals surface area (Å²) in [6, 6.07) is -1.59. The predicted molar refractivity (Wildman–Crippen MR) is 64.5 cm³/mol. The first kappa shape index (κ1) is 15.0. The van der Waals surface area contributed by atoms with E-state index in [0.29, 0.717) is 11.7 Å². The highest BCUT2D eigenvalue weighted by Gasteiger charge is 2.19. The van der Waals surface area contributed by atoms with Crippen LogP contribution >= 0.6 is 0 Å². The lowest BCUT2D eigenvalue weighted by atomic mass is 10.2. The minimum atomic E-state index is -1.11. The fraction of sp³-hybridized carbons (Fsp3) is 0.545. The highest BCUT2D eigenvalue weighted by molar-refractivity contribution is 5.82. The largest absolute Gasteiger partial charge is 0.480 e. The molecule has 106 valence electrons. The molecule has 1 atom stereocenters. The zero-order valence-corrected chi connectivity index (χ0v) is 10.8. The molecule has 1 rings (SSSR count). The van der Waals surface area contributed by atoms with Crippen molar-refractivity contribution < 1.29 is 23.8 Å². The van der Waals surface area contributed by atoms with E-state index in [1.807, 2.05) is 0 Å². The van der Waals surface area contributed by atoms with E-state index in [-0.39, 0.29) is 19.6 Å². The van der Waals surface area contributed by atoms with Gasteiger partial charge in [-0.2, -0.15) is 0 Å². The monoisotopic (exact) mass is 271 g/mol. The van der Waals surface area contributed by atoms with Crippen molar-refractivity contribution in [2.24, 2.45) is 0 Å². The van der Waals surface area contributed by atoms with Crippen LogP contribution in [0.4, 0.5) is 4.79 Å². The number of carbonyl (C=O) groups excluding carboxylic acids is 1. The first-order chi connectivity index (χ1) is 9.02. The molecule has 2 amide bonds. The maximum atomic E-state index is 11.5. The molecular weight excluding hydrogens is 254 g/mol. The van der Waals surface area contributed by atoms with Crippen LogP contribution in [0.25, 0.3) is 0 Å². The smallest absolute Gasteiger partial charge is 0.326 e. The highest BCUT2D eigenvalue weighted by Crippen LogP contribution is 2.00. The summed E-state index contributed by atoms with van der Waals surface area (Å²) in [6.07, 6.45) is 1.73. The van der Waals surface area contributed by atoms with Gasteiger partial charge in [-0.15, -0.1) is 0 Å². The molecule has 1 unspecified atom stereocenters. The molecule has 1 heterocycles. The minimum absolute atomic E-state index is 0.0935. The number of aryl methyl sites for hydroxylation is 1. The van der Waals surface area contributed by atoms with Gasteiger partial charge >= 0.3 is 12.0 Å². The highest BCUT2D eigenvalue weighted by atomic mass is 16.5. The van der Waals surface area contributed by atoms with Crippen LogP contribution in [0.5, 0.6) is 0 Å². The van der Waals surface area contributed by atoms with Crippen LogP contribution in [0.3, 0.4) is 0 Å². The van der Waals surface area contributed by atoms with Crippen LogP contribution < -0.4 is 10.6 Å². The number of carbonyl (C=O) groups is 2. The van der Waals surface area contributed by atoms with Gasteiger partial charge in [-0.3, -0.25) is 0 Å². The third kappa shape index (κ3) is 5.38. The van der Waals surface area contributed by atoms with Gasteiger partial charge in [0, 0.05) is 20.1 Å². The van der Waals surface area contributed by atoms with Crippen LogP contribution in [0, 0.1) is 6.92 Å². The number of urea groups is 1. The van der Waals surface area contributed by atoms with Crippen LogP contribution in [0.15, 0.2) is 10.6 Å². The average molecular weight is 271 g/mol. The van der Waals surface area contributed by atoms with E-state index >= 15 is 0 Å². The number of rotatable bonds is 7. The Labute approximate surface area is 110 Å². The Morgan fingerprint density at radius 2 is 2.32 bits per heavy atom. The van der Waals surface area contributed by atoms with Crippen LogP contribution in [-0.2, 0) is 16.1 Å². The molecular formula is C11H17N3O5. The van der Waals surface area contributed by atoms with Gasteiger partial charge in [-0.25, -0.2) is 14.6 Å². The number of methoxy groups -OCH3 is 1. The number of carboxylic acid groups (broad SMARTS) is 1. The minimum Gasteiger partial charge on any atom is -0.480 e. The number of aliphatic carboxylic acids is 1. The van der Waals surface area contributed by atoms with Gasteiger partial charge in [-0.1, -0.05) is 0 Å². The molecule has 8 nitrogen and oxygen atoms in total. The number of hydrogen-bond donors (Lipinski definition) is 3. The molecule has 0 aliphatic carbocycles. The summed E-state index contributed by atoms with van der Waals surface area (Å²) in [5.74, 6) is -0.115. The summed E-state index contributed by atoms with van der Waals surface area (Å²) >= 11 is 0. The van der Waals surface area contributed by atoms with Gasteiger partial charge in [0.15, 0.2) is 0 Å². The quantitative estimate of drug-likeness (QED) is 0.656. The van der Waals surface area contributed by atoms with Gasteiger partial charge < -0.3 is 24.9 Å². The summed E-state index contributed by atoms with van der Waals surface area (Å²) in [6.45, 7) is 2.08. The normalized spacial score (nSPS) is 11.9. The second-order valence-corrected chi connectivity index (χ2v) is 3.86. The number of nitrogens with zero attached hydrogens (tertiary/aromatic N) is 1. The average Bonchev–Trinajstić information content (AvgIpc) is 2.77. The SMILES string of the molecule is COCCC(NC(=O)NCc1ncc(C)o1)C(=O)O. The molecule has 8 heteroatoms. The molecule has 0 saturated heterocycles. The standard InChI is InChI=1S/C11H17N3O5/c1-7-5-12-9(19-7)6-13-11(17)14-8(10(15)16)3-4-18-2/h5,8H,3-4,6H2,1-2H3,(H,15,16)(H2,13,14,17).